The maximum atomic E-state index is 6.29. The molecule has 0 radical (unpaired) electrons. The molecule has 2 aliphatic rings. The third kappa shape index (κ3) is 3.57. The number of hydrogen-bond donors (Lipinski definition) is 0. The van der Waals surface area contributed by atoms with Gasteiger partial charge in [0, 0.05) is 11.0 Å². The van der Waals surface area contributed by atoms with Crippen LogP contribution in [0.25, 0.3) is 0 Å². The van der Waals surface area contributed by atoms with Gasteiger partial charge in [-0.3, -0.25) is 0 Å². The van der Waals surface area contributed by atoms with Crippen molar-refractivity contribution in [2.24, 2.45) is 0 Å². The highest BCUT2D eigenvalue weighted by atomic mass is 127. The highest BCUT2D eigenvalue weighted by Gasteiger charge is 2.29. The number of hydrogen-bond acceptors (Lipinski definition) is 2. The Morgan fingerprint density at radius 2 is 1.69 bits per heavy atom. The molecule has 0 bridgehead atoms. The number of methoxy groups -OCH3 is 1. The highest BCUT2D eigenvalue weighted by molar-refractivity contribution is 14.1. The standard InChI is InChI=1S/C13H23IO2/c1-15-10-5-4-6-11(9-10)16-13-8-3-2-7-12(13)14/h10-13H,2-9H2,1H3. The zero-order valence-electron chi connectivity index (χ0n) is 10.2. The second-order valence-electron chi connectivity index (χ2n) is 5.12. The van der Waals surface area contributed by atoms with Crippen LogP contribution >= 0.6 is 22.6 Å². The molecule has 2 aliphatic carbocycles. The van der Waals surface area contributed by atoms with Crippen molar-refractivity contribution >= 4 is 22.6 Å². The van der Waals surface area contributed by atoms with Crippen molar-refractivity contribution in [3.8, 4) is 0 Å². The molecule has 2 nitrogen and oxygen atoms in total. The van der Waals surface area contributed by atoms with E-state index in [1.54, 1.807) is 0 Å². The summed E-state index contributed by atoms with van der Waals surface area (Å²) in [6.07, 6.45) is 11.6. The first-order valence-electron chi connectivity index (χ1n) is 6.62. The van der Waals surface area contributed by atoms with E-state index >= 15 is 0 Å². The molecule has 3 heteroatoms. The van der Waals surface area contributed by atoms with Gasteiger partial charge in [0.05, 0.1) is 18.3 Å². The van der Waals surface area contributed by atoms with E-state index in [0.717, 1.165) is 10.3 Å². The Kier molecular flexibility index (Phi) is 5.36. The van der Waals surface area contributed by atoms with Crippen LogP contribution in [0.4, 0.5) is 0 Å². The molecular formula is C13H23IO2. The van der Waals surface area contributed by atoms with Crippen LogP contribution in [0.2, 0.25) is 0 Å². The molecule has 0 aromatic heterocycles. The molecule has 2 rings (SSSR count). The second kappa shape index (κ2) is 6.55. The van der Waals surface area contributed by atoms with Gasteiger partial charge in [-0.2, -0.15) is 0 Å². The van der Waals surface area contributed by atoms with Gasteiger partial charge < -0.3 is 9.47 Å². The molecule has 4 atom stereocenters. The van der Waals surface area contributed by atoms with Gasteiger partial charge in [-0.05, 0) is 38.5 Å². The van der Waals surface area contributed by atoms with Crippen molar-refractivity contribution in [3.05, 3.63) is 0 Å². The number of halogens is 1. The van der Waals surface area contributed by atoms with E-state index in [9.17, 15) is 0 Å². The van der Waals surface area contributed by atoms with E-state index < -0.39 is 0 Å². The van der Waals surface area contributed by atoms with Crippen LogP contribution in [0.3, 0.4) is 0 Å². The van der Waals surface area contributed by atoms with E-state index in [-0.39, 0.29) is 0 Å². The normalized spacial score (nSPS) is 40.9. The maximum Gasteiger partial charge on any atom is 0.0696 e. The lowest BCUT2D eigenvalue weighted by atomic mass is 9.93. The highest BCUT2D eigenvalue weighted by Crippen LogP contribution is 2.31. The van der Waals surface area contributed by atoms with Crippen molar-refractivity contribution in [1.82, 2.24) is 0 Å². The largest absolute Gasteiger partial charge is 0.381 e. The quantitative estimate of drug-likeness (QED) is 0.577. The van der Waals surface area contributed by atoms with Crippen LogP contribution < -0.4 is 0 Å². The van der Waals surface area contributed by atoms with Gasteiger partial charge in [0.2, 0.25) is 0 Å². The van der Waals surface area contributed by atoms with E-state index in [1.165, 1.54) is 44.9 Å². The molecule has 2 saturated carbocycles. The van der Waals surface area contributed by atoms with Gasteiger partial charge in [0.1, 0.15) is 0 Å². The number of alkyl halides is 1. The Morgan fingerprint density at radius 1 is 0.938 bits per heavy atom. The van der Waals surface area contributed by atoms with Crippen molar-refractivity contribution in [2.75, 3.05) is 7.11 Å². The minimum Gasteiger partial charge on any atom is -0.381 e. The molecule has 0 aromatic carbocycles. The lowest BCUT2D eigenvalue weighted by Gasteiger charge is -2.35. The first kappa shape index (κ1) is 13.1. The van der Waals surface area contributed by atoms with Crippen molar-refractivity contribution in [1.29, 1.82) is 0 Å². The second-order valence-corrected chi connectivity index (χ2v) is 6.72. The van der Waals surface area contributed by atoms with E-state index in [1.807, 2.05) is 7.11 Å². The van der Waals surface area contributed by atoms with Crippen LogP contribution in [-0.4, -0.2) is 29.3 Å². The molecule has 4 unspecified atom stereocenters. The summed E-state index contributed by atoms with van der Waals surface area (Å²) < 4.78 is 12.5. The zero-order valence-corrected chi connectivity index (χ0v) is 12.3. The fourth-order valence-electron chi connectivity index (χ4n) is 2.89. The van der Waals surface area contributed by atoms with Gasteiger partial charge in [-0.25, -0.2) is 0 Å². The first-order chi connectivity index (χ1) is 7.79. The Balaban J connectivity index is 1.79. The SMILES string of the molecule is COC1CCCC(OC2CCCCC2I)C1. The summed E-state index contributed by atoms with van der Waals surface area (Å²) in [6, 6.07) is 0. The molecular weight excluding hydrogens is 315 g/mol. The molecule has 2 fully saturated rings. The summed E-state index contributed by atoms with van der Waals surface area (Å²) in [6.45, 7) is 0. The first-order valence-corrected chi connectivity index (χ1v) is 7.86. The minimum atomic E-state index is 0.440. The third-order valence-electron chi connectivity index (χ3n) is 3.90. The molecule has 0 aliphatic heterocycles. The fraction of sp³-hybridized carbons (Fsp3) is 1.00. The smallest absolute Gasteiger partial charge is 0.0696 e. The lowest BCUT2D eigenvalue weighted by molar-refractivity contribution is -0.0709. The van der Waals surface area contributed by atoms with E-state index in [4.69, 9.17) is 9.47 Å². The maximum absolute atomic E-state index is 6.29. The molecule has 0 saturated heterocycles. The van der Waals surface area contributed by atoms with Gasteiger partial charge in [0.25, 0.3) is 0 Å². The number of rotatable bonds is 3. The molecule has 0 aromatic rings. The predicted molar refractivity (Wildman–Crippen MR) is 74.2 cm³/mol. The summed E-state index contributed by atoms with van der Waals surface area (Å²) in [5, 5.41) is 0. The predicted octanol–water partition coefficient (Wildman–Crippen LogP) is 3.71. The molecule has 94 valence electrons. The van der Waals surface area contributed by atoms with Crippen LogP contribution in [0, 0.1) is 0 Å². The molecule has 16 heavy (non-hydrogen) atoms. The average Bonchev–Trinajstić information content (AvgIpc) is 2.32. The number of ether oxygens (including phenoxy) is 2. The fourth-order valence-corrected chi connectivity index (χ4v) is 3.86. The Labute approximate surface area is 113 Å². The minimum absolute atomic E-state index is 0.440. The topological polar surface area (TPSA) is 18.5 Å². The molecule has 0 amide bonds. The average molecular weight is 338 g/mol. The van der Waals surface area contributed by atoms with Crippen LogP contribution in [0.1, 0.15) is 51.4 Å². The van der Waals surface area contributed by atoms with Gasteiger partial charge in [-0.1, -0.05) is 35.4 Å². The van der Waals surface area contributed by atoms with Crippen molar-refractivity contribution < 1.29 is 9.47 Å². The van der Waals surface area contributed by atoms with Crippen LogP contribution in [0.15, 0.2) is 0 Å². The summed E-state index contributed by atoms with van der Waals surface area (Å²) >= 11 is 2.57. The van der Waals surface area contributed by atoms with Gasteiger partial charge in [0.15, 0.2) is 0 Å². The Bertz CT molecular complexity index is 210. The van der Waals surface area contributed by atoms with Gasteiger partial charge >= 0.3 is 0 Å². The van der Waals surface area contributed by atoms with E-state index in [0.29, 0.717) is 18.3 Å². The zero-order chi connectivity index (χ0) is 11.4. The van der Waals surface area contributed by atoms with Crippen LogP contribution in [-0.2, 0) is 9.47 Å². The lowest BCUT2D eigenvalue weighted by Crippen LogP contribution is -2.36. The Morgan fingerprint density at radius 3 is 2.44 bits per heavy atom. The summed E-state index contributed by atoms with van der Waals surface area (Å²) in [4.78, 5) is 0. The third-order valence-corrected chi connectivity index (χ3v) is 5.33. The monoisotopic (exact) mass is 338 g/mol. The summed E-state index contributed by atoms with van der Waals surface area (Å²) in [5.74, 6) is 0. The molecule has 0 heterocycles. The van der Waals surface area contributed by atoms with Crippen molar-refractivity contribution in [2.45, 2.75) is 73.6 Å². The van der Waals surface area contributed by atoms with Crippen molar-refractivity contribution in [3.63, 3.8) is 0 Å². The van der Waals surface area contributed by atoms with E-state index in [2.05, 4.69) is 22.6 Å². The summed E-state index contributed by atoms with van der Waals surface area (Å²) in [7, 11) is 1.83. The summed E-state index contributed by atoms with van der Waals surface area (Å²) in [5.41, 5.74) is 0. The molecule has 0 spiro atoms. The Hall–Kier alpha value is 0.650. The van der Waals surface area contributed by atoms with Gasteiger partial charge in [-0.15, -0.1) is 0 Å². The molecule has 0 N–H and O–H groups in total. The van der Waals surface area contributed by atoms with Crippen LogP contribution in [0.5, 0.6) is 0 Å².